The van der Waals surface area contributed by atoms with Crippen molar-refractivity contribution in [1.82, 2.24) is 5.32 Å². The van der Waals surface area contributed by atoms with Gasteiger partial charge in [-0.3, -0.25) is 4.79 Å². The molecular weight excluding hydrogens is 338 g/mol. The van der Waals surface area contributed by atoms with E-state index in [9.17, 15) is 13.2 Å². The summed E-state index contributed by atoms with van der Waals surface area (Å²) in [6.45, 7) is 3.80. The van der Waals surface area contributed by atoms with Crippen molar-refractivity contribution in [3.63, 3.8) is 0 Å². The van der Waals surface area contributed by atoms with Crippen LogP contribution in [0, 0.1) is 6.92 Å². The van der Waals surface area contributed by atoms with Crippen LogP contribution in [0.2, 0.25) is 0 Å². The zero-order valence-corrected chi connectivity index (χ0v) is 15.7. The van der Waals surface area contributed by atoms with Crippen LogP contribution in [0.1, 0.15) is 29.7 Å². The number of nitrogens with one attached hydrogen (secondary N) is 1. The highest BCUT2D eigenvalue weighted by atomic mass is 32.2. The molecule has 134 valence electrons. The van der Waals surface area contributed by atoms with Crippen LogP contribution >= 0.6 is 0 Å². The SMILES string of the molecule is COc1ccc(CC(=O)NC(C)c2ccc(S(C)(=O)=O)cc2)cc1C. The Balaban J connectivity index is 2.01. The Bertz CT molecular complexity index is 857. The average Bonchev–Trinajstić information content (AvgIpc) is 2.54. The van der Waals surface area contributed by atoms with Gasteiger partial charge in [-0.25, -0.2) is 8.42 Å². The molecule has 2 aromatic carbocycles. The number of carbonyl (C=O) groups is 1. The first kappa shape index (κ1) is 19.0. The van der Waals surface area contributed by atoms with E-state index >= 15 is 0 Å². The fraction of sp³-hybridized carbons (Fsp3) is 0.316. The standard InChI is InChI=1S/C19H23NO4S/c1-13-11-15(5-10-18(13)24-3)12-19(21)20-14(2)16-6-8-17(9-7-16)25(4,22)23/h5-11,14H,12H2,1-4H3,(H,20,21). The molecule has 1 atom stereocenters. The molecule has 5 nitrogen and oxygen atoms in total. The minimum Gasteiger partial charge on any atom is -0.496 e. The van der Waals surface area contributed by atoms with Gasteiger partial charge in [0.2, 0.25) is 5.91 Å². The van der Waals surface area contributed by atoms with E-state index < -0.39 is 9.84 Å². The lowest BCUT2D eigenvalue weighted by molar-refractivity contribution is -0.121. The minimum atomic E-state index is -3.22. The monoisotopic (exact) mass is 361 g/mol. The van der Waals surface area contributed by atoms with Crippen LogP contribution < -0.4 is 10.1 Å². The molecule has 0 saturated carbocycles. The van der Waals surface area contributed by atoms with E-state index in [1.165, 1.54) is 6.26 Å². The molecule has 0 heterocycles. The minimum absolute atomic E-state index is 0.0933. The van der Waals surface area contributed by atoms with Crippen molar-refractivity contribution in [2.75, 3.05) is 13.4 Å². The van der Waals surface area contributed by atoms with E-state index in [0.717, 1.165) is 22.4 Å². The van der Waals surface area contributed by atoms with Gasteiger partial charge in [-0.05, 0) is 48.7 Å². The first-order valence-corrected chi connectivity index (χ1v) is 9.82. The van der Waals surface area contributed by atoms with Gasteiger partial charge in [0.1, 0.15) is 5.75 Å². The van der Waals surface area contributed by atoms with Crippen molar-refractivity contribution in [3.05, 3.63) is 59.2 Å². The van der Waals surface area contributed by atoms with Crippen LogP contribution in [0.3, 0.4) is 0 Å². The van der Waals surface area contributed by atoms with Crippen LogP contribution in [-0.2, 0) is 21.1 Å². The molecule has 0 radical (unpaired) electrons. The second kappa shape index (κ2) is 7.70. The molecule has 0 bridgehead atoms. The third-order valence-electron chi connectivity index (χ3n) is 4.01. The summed E-state index contributed by atoms with van der Waals surface area (Å²) in [6, 6.07) is 12.0. The summed E-state index contributed by atoms with van der Waals surface area (Å²) in [5, 5.41) is 2.93. The van der Waals surface area contributed by atoms with Crippen LogP contribution in [0.5, 0.6) is 5.75 Å². The lowest BCUT2D eigenvalue weighted by Gasteiger charge is -2.15. The van der Waals surface area contributed by atoms with E-state index in [-0.39, 0.29) is 23.3 Å². The average molecular weight is 361 g/mol. The fourth-order valence-corrected chi connectivity index (χ4v) is 3.25. The molecule has 2 rings (SSSR count). The van der Waals surface area contributed by atoms with Gasteiger partial charge < -0.3 is 10.1 Å². The summed E-state index contributed by atoms with van der Waals surface area (Å²) < 4.78 is 28.2. The second-order valence-corrected chi connectivity index (χ2v) is 8.13. The number of amides is 1. The van der Waals surface area contributed by atoms with Gasteiger partial charge in [0.15, 0.2) is 9.84 Å². The van der Waals surface area contributed by atoms with E-state index in [4.69, 9.17) is 4.74 Å². The molecule has 1 amide bonds. The predicted octanol–water partition coefficient (Wildman–Crippen LogP) is 2.83. The Hall–Kier alpha value is -2.34. The third-order valence-corrected chi connectivity index (χ3v) is 5.14. The lowest BCUT2D eigenvalue weighted by Crippen LogP contribution is -2.28. The third kappa shape index (κ3) is 5.06. The summed E-state index contributed by atoms with van der Waals surface area (Å²) in [5.74, 6) is 0.702. The zero-order chi connectivity index (χ0) is 18.6. The molecule has 0 aliphatic carbocycles. The fourth-order valence-electron chi connectivity index (χ4n) is 2.62. The second-order valence-electron chi connectivity index (χ2n) is 6.11. The van der Waals surface area contributed by atoms with E-state index in [0.29, 0.717) is 0 Å². The smallest absolute Gasteiger partial charge is 0.224 e. The zero-order valence-electron chi connectivity index (χ0n) is 14.9. The quantitative estimate of drug-likeness (QED) is 0.859. The van der Waals surface area contributed by atoms with E-state index in [1.54, 1.807) is 31.4 Å². The maximum absolute atomic E-state index is 12.2. The van der Waals surface area contributed by atoms with Gasteiger partial charge in [-0.1, -0.05) is 24.3 Å². The van der Waals surface area contributed by atoms with Crippen molar-refractivity contribution in [2.24, 2.45) is 0 Å². The largest absolute Gasteiger partial charge is 0.496 e. The van der Waals surface area contributed by atoms with Gasteiger partial charge >= 0.3 is 0 Å². The molecule has 2 aromatic rings. The highest BCUT2D eigenvalue weighted by molar-refractivity contribution is 7.90. The Morgan fingerprint density at radius 2 is 1.80 bits per heavy atom. The summed E-state index contributed by atoms with van der Waals surface area (Å²) in [5.41, 5.74) is 2.75. The summed E-state index contributed by atoms with van der Waals surface area (Å²) >= 11 is 0. The molecule has 25 heavy (non-hydrogen) atoms. The van der Waals surface area contributed by atoms with Gasteiger partial charge in [-0.15, -0.1) is 0 Å². The summed E-state index contributed by atoms with van der Waals surface area (Å²) in [4.78, 5) is 12.5. The Morgan fingerprint density at radius 1 is 1.16 bits per heavy atom. The molecule has 1 N–H and O–H groups in total. The molecule has 0 aliphatic rings. The lowest BCUT2D eigenvalue weighted by atomic mass is 10.1. The number of benzene rings is 2. The summed E-state index contributed by atoms with van der Waals surface area (Å²) in [6.07, 6.45) is 1.45. The highest BCUT2D eigenvalue weighted by Gasteiger charge is 2.13. The van der Waals surface area contributed by atoms with Gasteiger partial charge in [-0.2, -0.15) is 0 Å². The topological polar surface area (TPSA) is 72.5 Å². The molecule has 0 saturated heterocycles. The van der Waals surface area contributed by atoms with Crippen LogP contribution in [-0.4, -0.2) is 27.7 Å². The molecule has 6 heteroatoms. The molecule has 1 unspecified atom stereocenters. The number of ether oxygens (including phenoxy) is 1. The first-order valence-electron chi connectivity index (χ1n) is 7.93. The maximum atomic E-state index is 12.2. The van der Waals surface area contributed by atoms with Crippen molar-refractivity contribution in [2.45, 2.75) is 31.2 Å². The van der Waals surface area contributed by atoms with E-state index in [1.807, 2.05) is 32.0 Å². The normalized spacial score (nSPS) is 12.5. The molecule has 0 aliphatic heterocycles. The molecule has 0 spiro atoms. The van der Waals surface area contributed by atoms with Crippen molar-refractivity contribution in [1.29, 1.82) is 0 Å². The van der Waals surface area contributed by atoms with Crippen molar-refractivity contribution in [3.8, 4) is 5.75 Å². The first-order chi connectivity index (χ1) is 11.7. The number of rotatable bonds is 6. The number of hydrogen-bond acceptors (Lipinski definition) is 4. The van der Waals surface area contributed by atoms with Gasteiger partial charge in [0.25, 0.3) is 0 Å². The molecule has 0 fully saturated rings. The number of carbonyl (C=O) groups excluding carboxylic acids is 1. The van der Waals surface area contributed by atoms with Gasteiger partial charge in [0.05, 0.1) is 24.5 Å². The maximum Gasteiger partial charge on any atom is 0.224 e. The Morgan fingerprint density at radius 3 is 2.32 bits per heavy atom. The highest BCUT2D eigenvalue weighted by Crippen LogP contribution is 2.19. The van der Waals surface area contributed by atoms with Crippen LogP contribution in [0.15, 0.2) is 47.4 Å². The van der Waals surface area contributed by atoms with Gasteiger partial charge in [0, 0.05) is 6.26 Å². The number of aryl methyl sites for hydroxylation is 1. The number of methoxy groups -OCH3 is 1. The predicted molar refractivity (Wildman–Crippen MR) is 97.5 cm³/mol. The van der Waals surface area contributed by atoms with E-state index in [2.05, 4.69) is 5.32 Å². The number of hydrogen-bond donors (Lipinski definition) is 1. The van der Waals surface area contributed by atoms with Crippen LogP contribution in [0.4, 0.5) is 0 Å². The Kier molecular flexibility index (Phi) is 5.85. The van der Waals surface area contributed by atoms with Crippen LogP contribution in [0.25, 0.3) is 0 Å². The molecular formula is C19H23NO4S. The van der Waals surface area contributed by atoms with Crippen molar-refractivity contribution >= 4 is 15.7 Å². The summed E-state index contributed by atoms with van der Waals surface area (Å²) in [7, 11) is -1.60. The molecule has 0 aromatic heterocycles. The van der Waals surface area contributed by atoms with Crippen molar-refractivity contribution < 1.29 is 17.9 Å². The number of sulfone groups is 1. The Labute approximate surface area is 148 Å².